The van der Waals surface area contributed by atoms with Gasteiger partial charge in [0.05, 0.1) is 17.3 Å². The van der Waals surface area contributed by atoms with Crippen LogP contribution in [0.1, 0.15) is 40.6 Å². The Bertz CT molecular complexity index is 784. The molecule has 0 aliphatic heterocycles. The summed E-state index contributed by atoms with van der Waals surface area (Å²) in [7, 11) is 0. The van der Waals surface area contributed by atoms with Crippen LogP contribution in [0.5, 0.6) is 0 Å². The van der Waals surface area contributed by atoms with Crippen molar-refractivity contribution in [1.29, 1.82) is 5.26 Å². The third-order valence-electron chi connectivity index (χ3n) is 3.31. The number of aromatic nitrogens is 3. The summed E-state index contributed by atoms with van der Waals surface area (Å²) in [4.78, 5) is 15.8. The molecule has 0 radical (unpaired) electrons. The van der Waals surface area contributed by atoms with Gasteiger partial charge in [-0.25, -0.2) is 4.98 Å². The normalized spacial score (nSPS) is 14.3. The molecule has 0 aromatic carbocycles. The molecule has 0 unspecified atom stereocenters. The molecule has 2 heterocycles. The summed E-state index contributed by atoms with van der Waals surface area (Å²) >= 11 is 0. The molecular weight excluding hydrogens is 311 g/mol. The van der Waals surface area contributed by atoms with Crippen molar-refractivity contribution in [3.05, 3.63) is 41.5 Å². The summed E-state index contributed by atoms with van der Waals surface area (Å²) in [5, 5.41) is 14.4. The van der Waals surface area contributed by atoms with Gasteiger partial charge in [-0.15, -0.1) is 0 Å². The SMILES string of the molecule is N#Cc1ccc(C(=O)Nc2cn(C3CC3)nc2C(F)(F)F)cn1. The van der Waals surface area contributed by atoms with E-state index < -0.39 is 23.5 Å². The molecule has 23 heavy (non-hydrogen) atoms. The highest BCUT2D eigenvalue weighted by Crippen LogP contribution is 2.39. The number of rotatable bonds is 3. The third kappa shape index (κ3) is 3.15. The highest BCUT2D eigenvalue weighted by molar-refractivity contribution is 6.04. The number of anilines is 1. The average Bonchev–Trinajstić information content (AvgIpc) is 3.27. The van der Waals surface area contributed by atoms with Crippen LogP contribution in [0.3, 0.4) is 0 Å². The fraction of sp³-hybridized carbons (Fsp3) is 0.286. The first-order valence-electron chi connectivity index (χ1n) is 6.72. The maximum atomic E-state index is 13.0. The average molecular weight is 321 g/mol. The number of nitriles is 1. The van der Waals surface area contributed by atoms with Crippen molar-refractivity contribution in [3.8, 4) is 6.07 Å². The number of halogens is 3. The molecule has 1 aliphatic rings. The van der Waals surface area contributed by atoms with Crippen molar-refractivity contribution in [3.63, 3.8) is 0 Å². The minimum absolute atomic E-state index is 0.0432. The molecule has 0 saturated heterocycles. The Morgan fingerprint density at radius 2 is 2.13 bits per heavy atom. The molecule has 0 spiro atoms. The Hall–Kier alpha value is -2.89. The van der Waals surface area contributed by atoms with E-state index >= 15 is 0 Å². The molecule has 3 rings (SSSR count). The number of nitrogens with one attached hydrogen (secondary N) is 1. The number of hydrogen-bond donors (Lipinski definition) is 1. The summed E-state index contributed by atoms with van der Waals surface area (Å²) in [5.41, 5.74) is -1.35. The van der Waals surface area contributed by atoms with Gasteiger partial charge < -0.3 is 5.32 Å². The molecule has 1 saturated carbocycles. The number of alkyl halides is 3. The van der Waals surface area contributed by atoms with Gasteiger partial charge in [0.1, 0.15) is 11.8 Å². The van der Waals surface area contributed by atoms with Crippen LogP contribution in [-0.4, -0.2) is 20.7 Å². The number of carbonyl (C=O) groups excluding carboxylic acids is 1. The van der Waals surface area contributed by atoms with Gasteiger partial charge in [0, 0.05) is 12.4 Å². The Morgan fingerprint density at radius 1 is 1.39 bits per heavy atom. The fourth-order valence-corrected chi connectivity index (χ4v) is 2.01. The maximum absolute atomic E-state index is 13.0. The number of carbonyl (C=O) groups is 1. The molecule has 0 atom stereocenters. The van der Waals surface area contributed by atoms with E-state index in [1.54, 1.807) is 6.07 Å². The van der Waals surface area contributed by atoms with Gasteiger partial charge in [0.2, 0.25) is 0 Å². The first kappa shape index (κ1) is 15.0. The van der Waals surface area contributed by atoms with E-state index in [-0.39, 0.29) is 17.3 Å². The van der Waals surface area contributed by atoms with Crippen molar-refractivity contribution >= 4 is 11.6 Å². The summed E-state index contributed by atoms with van der Waals surface area (Å²) < 4.78 is 40.3. The summed E-state index contributed by atoms with van der Waals surface area (Å²) in [6.45, 7) is 0. The van der Waals surface area contributed by atoms with Gasteiger partial charge >= 0.3 is 6.18 Å². The lowest BCUT2D eigenvalue weighted by atomic mass is 10.2. The number of hydrogen-bond acceptors (Lipinski definition) is 4. The second kappa shape index (κ2) is 5.39. The molecule has 118 valence electrons. The van der Waals surface area contributed by atoms with Crippen LogP contribution >= 0.6 is 0 Å². The Balaban J connectivity index is 1.86. The predicted octanol–water partition coefficient (Wildman–Crippen LogP) is 2.76. The first-order valence-corrected chi connectivity index (χ1v) is 6.72. The quantitative estimate of drug-likeness (QED) is 0.942. The van der Waals surface area contributed by atoms with Crippen LogP contribution in [0.4, 0.5) is 18.9 Å². The lowest BCUT2D eigenvalue weighted by Crippen LogP contribution is -2.16. The standard InChI is InChI=1S/C14H10F3N5O/c15-14(16,17)12-11(7-22(21-12)10-3-4-10)20-13(23)8-1-2-9(5-18)19-6-8/h1-2,6-7,10H,3-4H2,(H,20,23). The van der Waals surface area contributed by atoms with E-state index in [1.165, 1.54) is 23.0 Å². The Labute approximate surface area is 128 Å². The highest BCUT2D eigenvalue weighted by atomic mass is 19.4. The van der Waals surface area contributed by atoms with Gasteiger partial charge in [-0.3, -0.25) is 9.48 Å². The van der Waals surface area contributed by atoms with Crippen molar-refractivity contribution in [2.75, 3.05) is 5.32 Å². The smallest absolute Gasteiger partial charge is 0.319 e. The molecular formula is C14H10F3N5O. The van der Waals surface area contributed by atoms with E-state index in [0.29, 0.717) is 0 Å². The zero-order valence-corrected chi connectivity index (χ0v) is 11.6. The summed E-state index contributed by atoms with van der Waals surface area (Å²) in [5.74, 6) is -0.747. The van der Waals surface area contributed by atoms with Gasteiger partial charge in [0.15, 0.2) is 5.69 Å². The van der Waals surface area contributed by atoms with Crippen molar-refractivity contribution in [1.82, 2.24) is 14.8 Å². The minimum Gasteiger partial charge on any atom is -0.319 e. The Kier molecular flexibility index (Phi) is 3.52. The predicted molar refractivity (Wildman–Crippen MR) is 72.4 cm³/mol. The monoisotopic (exact) mass is 321 g/mol. The van der Waals surface area contributed by atoms with Crippen LogP contribution in [0.15, 0.2) is 24.5 Å². The van der Waals surface area contributed by atoms with Crippen LogP contribution in [0, 0.1) is 11.3 Å². The van der Waals surface area contributed by atoms with E-state index in [9.17, 15) is 18.0 Å². The molecule has 2 aromatic rings. The van der Waals surface area contributed by atoms with Gasteiger partial charge in [-0.05, 0) is 25.0 Å². The van der Waals surface area contributed by atoms with Crippen molar-refractivity contribution in [2.45, 2.75) is 25.1 Å². The molecule has 1 amide bonds. The molecule has 9 heteroatoms. The van der Waals surface area contributed by atoms with E-state index in [0.717, 1.165) is 19.0 Å². The number of pyridine rings is 1. The van der Waals surface area contributed by atoms with E-state index in [1.807, 2.05) is 0 Å². The van der Waals surface area contributed by atoms with Crippen molar-refractivity contribution < 1.29 is 18.0 Å². The molecule has 0 bridgehead atoms. The topological polar surface area (TPSA) is 83.6 Å². The lowest BCUT2D eigenvalue weighted by molar-refractivity contribution is -0.140. The molecule has 2 aromatic heterocycles. The highest BCUT2D eigenvalue weighted by Gasteiger charge is 2.39. The number of amides is 1. The summed E-state index contributed by atoms with van der Waals surface area (Å²) in [6, 6.07) is 4.38. The van der Waals surface area contributed by atoms with Gasteiger partial charge in [-0.2, -0.15) is 23.5 Å². The van der Waals surface area contributed by atoms with E-state index in [2.05, 4.69) is 15.4 Å². The second-order valence-corrected chi connectivity index (χ2v) is 5.10. The summed E-state index contributed by atoms with van der Waals surface area (Å²) in [6.07, 6.45) is -0.800. The molecule has 6 nitrogen and oxygen atoms in total. The largest absolute Gasteiger partial charge is 0.437 e. The first-order chi connectivity index (χ1) is 10.9. The van der Waals surface area contributed by atoms with Crippen molar-refractivity contribution in [2.24, 2.45) is 0 Å². The zero-order valence-electron chi connectivity index (χ0n) is 11.6. The molecule has 1 N–H and O–H groups in total. The maximum Gasteiger partial charge on any atom is 0.437 e. The van der Waals surface area contributed by atoms with E-state index in [4.69, 9.17) is 5.26 Å². The Morgan fingerprint density at radius 3 is 2.65 bits per heavy atom. The van der Waals surface area contributed by atoms with Gasteiger partial charge in [0.25, 0.3) is 5.91 Å². The second-order valence-electron chi connectivity index (χ2n) is 5.10. The fourth-order valence-electron chi connectivity index (χ4n) is 2.01. The van der Waals surface area contributed by atoms with Crippen LogP contribution in [0.25, 0.3) is 0 Å². The minimum atomic E-state index is -4.66. The zero-order chi connectivity index (χ0) is 16.6. The molecule has 1 aliphatic carbocycles. The third-order valence-corrected chi connectivity index (χ3v) is 3.31. The van der Waals surface area contributed by atoms with Crippen LogP contribution in [0.2, 0.25) is 0 Å². The van der Waals surface area contributed by atoms with Crippen LogP contribution in [-0.2, 0) is 6.18 Å². The van der Waals surface area contributed by atoms with Gasteiger partial charge in [-0.1, -0.05) is 0 Å². The van der Waals surface area contributed by atoms with Crippen LogP contribution < -0.4 is 5.32 Å². The molecule has 1 fully saturated rings. The lowest BCUT2D eigenvalue weighted by Gasteiger charge is -2.07. The number of nitrogens with zero attached hydrogens (tertiary/aromatic N) is 4.